The van der Waals surface area contributed by atoms with Gasteiger partial charge in [-0.05, 0) is 68.5 Å². The number of nitrogens with one attached hydrogen (secondary N) is 2. The lowest BCUT2D eigenvalue weighted by atomic mass is 10.1. The van der Waals surface area contributed by atoms with E-state index in [4.69, 9.17) is 4.98 Å². The van der Waals surface area contributed by atoms with Gasteiger partial charge in [-0.25, -0.2) is 4.98 Å². The van der Waals surface area contributed by atoms with Crippen LogP contribution in [0.1, 0.15) is 30.9 Å². The van der Waals surface area contributed by atoms with Crippen molar-refractivity contribution in [3.05, 3.63) is 53.6 Å². The molecule has 0 unspecified atom stereocenters. The lowest BCUT2D eigenvalue weighted by molar-refractivity contribution is 0.691. The molecule has 26 heavy (non-hydrogen) atoms. The molecule has 0 bridgehead atoms. The van der Waals surface area contributed by atoms with Crippen LogP contribution in [0.25, 0.3) is 10.9 Å². The second-order valence-corrected chi connectivity index (χ2v) is 7.01. The average Bonchev–Trinajstić information content (AvgIpc) is 3.46. The first-order chi connectivity index (χ1) is 12.6. The zero-order valence-corrected chi connectivity index (χ0v) is 15.0. The number of benzene rings is 2. The summed E-state index contributed by atoms with van der Waals surface area (Å²) in [7, 11) is 0. The summed E-state index contributed by atoms with van der Waals surface area (Å²) in [5.41, 5.74) is 3.35. The van der Waals surface area contributed by atoms with E-state index in [0.717, 1.165) is 33.9 Å². The van der Waals surface area contributed by atoms with Gasteiger partial charge in [-0.1, -0.05) is 12.1 Å². The van der Waals surface area contributed by atoms with Crippen LogP contribution in [0.2, 0.25) is 0 Å². The molecule has 0 spiro atoms. The predicted molar refractivity (Wildman–Crippen MR) is 105 cm³/mol. The number of aryl methyl sites for hydroxylation is 1. The highest BCUT2D eigenvalue weighted by molar-refractivity contribution is 5.90. The summed E-state index contributed by atoms with van der Waals surface area (Å²) in [5.74, 6) is 2.12. The highest BCUT2D eigenvalue weighted by atomic mass is 15.2. The third-order valence-corrected chi connectivity index (χ3v) is 4.76. The van der Waals surface area contributed by atoms with Crippen LogP contribution in [0, 0.1) is 24.2 Å². The molecule has 1 aliphatic rings. The summed E-state index contributed by atoms with van der Waals surface area (Å²) < 4.78 is 0. The van der Waals surface area contributed by atoms with E-state index in [1.54, 1.807) is 0 Å². The van der Waals surface area contributed by atoms with Crippen molar-refractivity contribution in [2.45, 2.75) is 32.7 Å². The number of anilines is 3. The zero-order valence-electron chi connectivity index (χ0n) is 15.0. The van der Waals surface area contributed by atoms with E-state index in [1.807, 2.05) is 49.4 Å². The molecule has 0 saturated heterocycles. The van der Waals surface area contributed by atoms with Crippen molar-refractivity contribution in [3.63, 3.8) is 0 Å². The molecule has 1 fully saturated rings. The Hall–Kier alpha value is -3.13. The zero-order chi connectivity index (χ0) is 18.1. The second kappa shape index (κ2) is 6.64. The molecule has 3 aromatic rings. The minimum atomic E-state index is 0.394. The van der Waals surface area contributed by atoms with Crippen molar-refractivity contribution in [2.24, 2.45) is 5.92 Å². The molecular formula is C21H21N5. The summed E-state index contributed by atoms with van der Waals surface area (Å²) in [6.07, 6.45) is 2.56. The lowest BCUT2D eigenvalue weighted by Crippen LogP contribution is -2.19. The standard InChI is InChI=1S/C21H21N5/c1-13-9-15(12-22)11-17(10-13)24-21-25-19-6-4-3-5-18(19)20(26-21)23-14(2)16-7-8-16/h3-6,9-11,14,16H,7-8H2,1-2H3,(H2,23,24,25,26)/t14-/m1/s1. The van der Waals surface area contributed by atoms with Gasteiger partial charge >= 0.3 is 0 Å². The summed E-state index contributed by atoms with van der Waals surface area (Å²) in [5, 5.41) is 17.0. The highest BCUT2D eigenvalue weighted by Crippen LogP contribution is 2.35. The van der Waals surface area contributed by atoms with Gasteiger partial charge in [-0.15, -0.1) is 0 Å². The molecule has 5 heteroatoms. The SMILES string of the molecule is Cc1cc(C#N)cc(Nc2nc(N[C@H](C)C3CC3)c3ccccc3n2)c1. The Labute approximate surface area is 153 Å². The molecule has 2 aromatic carbocycles. The maximum atomic E-state index is 9.18. The number of hydrogen-bond acceptors (Lipinski definition) is 5. The molecule has 1 heterocycles. The molecule has 1 aromatic heterocycles. The number of para-hydroxylation sites is 1. The van der Waals surface area contributed by atoms with Crippen molar-refractivity contribution in [3.8, 4) is 6.07 Å². The molecule has 130 valence electrons. The Morgan fingerprint density at radius 1 is 1.15 bits per heavy atom. The van der Waals surface area contributed by atoms with E-state index in [2.05, 4.69) is 28.6 Å². The monoisotopic (exact) mass is 343 g/mol. The van der Waals surface area contributed by atoms with Crippen LogP contribution < -0.4 is 10.6 Å². The van der Waals surface area contributed by atoms with Crippen molar-refractivity contribution >= 4 is 28.4 Å². The van der Waals surface area contributed by atoms with Crippen molar-refractivity contribution < 1.29 is 0 Å². The largest absolute Gasteiger partial charge is 0.367 e. The van der Waals surface area contributed by atoms with E-state index in [0.29, 0.717) is 17.6 Å². The van der Waals surface area contributed by atoms with Crippen molar-refractivity contribution in [1.29, 1.82) is 5.26 Å². The molecular weight excluding hydrogens is 322 g/mol. The minimum Gasteiger partial charge on any atom is -0.367 e. The molecule has 1 saturated carbocycles. The van der Waals surface area contributed by atoms with Crippen LogP contribution in [-0.4, -0.2) is 16.0 Å². The Morgan fingerprint density at radius 3 is 2.73 bits per heavy atom. The average molecular weight is 343 g/mol. The molecule has 5 nitrogen and oxygen atoms in total. The van der Waals surface area contributed by atoms with Gasteiger partial charge in [0.2, 0.25) is 5.95 Å². The Bertz CT molecular complexity index is 1000. The Morgan fingerprint density at radius 2 is 1.96 bits per heavy atom. The van der Waals surface area contributed by atoms with Crippen LogP contribution in [-0.2, 0) is 0 Å². The fourth-order valence-corrected chi connectivity index (χ4v) is 3.22. The maximum Gasteiger partial charge on any atom is 0.229 e. The van der Waals surface area contributed by atoms with Gasteiger partial charge in [0.05, 0.1) is 17.1 Å². The van der Waals surface area contributed by atoms with E-state index in [9.17, 15) is 5.26 Å². The summed E-state index contributed by atoms with van der Waals surface area (Å²) in [4.78, 5) is 9.35. The molecule has 1 atom stereocenters. The number of nitriles is 1. The van der Waals surface area contributed by atoms with Crippen LogP contribution in [0.3, 0.4) is 0 Å². The normalized spacial score (nSPS) is 14.7. The Balaban J connectivity index is 1.71. The number of hydrogen-bond donors (Lipinski definition) is 2. The van der Waals surface area contributed by atoms with E-state index in [1.165, 1.54) is 12.8 Å². The molecule has 0 aliphatic heterocycles. The van der Waals surface area contributed by atoms with Crippen molar-refractivity contribution in [1.82, 2.24) is 9.97 Å². The molecule has 4 rings (SSSR count). The molecule has 1 aliphatic carbocycles. The summed E-state index contributed by atoms with van der Waals surface area (Å²) >= 11 is 0. The second-order valence-electron chi connectivity index (χ2n) is 7.01. The number of nitrogens with zero attached hydrogens (tertiary/aromatic N) is 3. The van der Waals surface area contributed by atoms with Gasteiger partial charge < -0.3 is 10.6 Å². The van der Waals surface area contributed by atoms with E-state index >= 15 is 0 Å². The van der Waals surface area contributed by atoms with Gasteiger partial charge in [-0.2, -0.15) is 10.2 Å². The van der Waals surface area contributed by atoms with Crippen LogP contribution in [0.5, 0.6) is 0 Å². The third-order valence-electron chi connectivity index (χ3n) is 4.76. The minimum absolute atomic E-state index is 0.394. The van der Waals surface area contributed by atoms with Crippen molar-refractivity contribution in [2.75, 3.05) is 10.6 Å². The lowest BCUT2D eigenvalue weighted by Gasteiger charge is -2.16. The van der Waals surface area contributed by atoms with Crippen LogP contribution in [0.15, 0.2) is 42.5 Å². The maximum absolute atomic E-state index is 9.18. The fraction of sp³-hybridized carbons (Fsp3) is 0.286. The number of aromatic nitrogens is 2. The first-order valence-electron chi connectivity index (χ1n) is 8.94. The quantitative estimate of drug-likeness (QED) is 0.698. The smallest absolute Gasteiger partial charge is 0.229 e. The van der Waals surface area contributed by atoms with Gasteiger partial charge in [0.1, 0.15) is 5.82 Å². The summed E-state index contributed by atoms with van der Waals surface area (Å²) in [6, 6.07) is 16.3. The molecule has 2 N–H and O–H groups in total. The molecule has 0 amide bonds. The highest BCUT2D eigenvalue weighted by Gasteiger charge is 2.28. The summed E-state index contributed by atoms with van der Waals surface area (Å²) in [6.45, 7) is 4.18. The van der Waals surface area contributed by atoms with Gasteiger partial charge in [0.25, 0.3) is 0 Å². The van der Waals surface area contributed by atoms with Crippen LogP contribution in [0.4, 0.5) is 17.5 Å². The first kappa shape index (κ1) is 16.3. The van der Waals surface area contributed by atoms with Crippen LogP contribution >= 0.6 is 0 Å². The Kier molecular flexibility index (Phi) is 4.18. The van der Waals surface area contributed by atoms with Gasteiger partial charge in [0.15, 0.2) is 0 Å². The van der Waals surface area contributed by atoms with Gasteiger partial charge in [0, 0.05) is 17.1 Å². The first-order valence-corrected chi connectivity index (χ1v) is 8.94. The topological polar surface area (TPSA) is 73.6 Å². The predicted octanol–water partition coefficient (Wildman–Crippen LogP) is 4.76. The number of rotatable bonds is 5. The fourth-order valence-electron chi connectivity index (χ4n) is 3.22. The molecule has 0 radical (unpaired) electrons. The van der Waals surface area contributed by atoms with Gasteiger partial charge in [-0.3, -0.25) is 0 Å². The third kappa shape index (κ3) is 3.45. The van der Waals surface area contributed by atoms with E-state index in [-0.39, 0.29) is 0 Å². The van der Waals surface area contributed by atoms with E-state index < -0.39 is 0 Å². The number of fused-ring (bicyclic) bond motifs is 1.